The zero-order chi connectivity index (χ0) is 17.5. The van der Waals surface area contributed by atoms with E-state index in [1.807, 2.05) is 0 Å². The van der Waals surface area contributed by atoms with Crippen molar-refractivity contribution in [2.75, 3.05) is 0 Å². The molecule has 0 saturated heterocycles. The van der Waals surface area contributed by atoms with Crippen LogP contribution >= 0.6 is 0 Å². The number of benzene rings is 1. The molecule has 1 heteroatoms. The molecule has 0 bridgehead atoms. The van der Waals surface area contributed by atoms with E-state index in [0.717, 1.165) is 36.4 Å². The lowest BCUT2D eigenvalue weighted by Gasteiger charge is -2.38. The zero-order valence-electron chi connectivity index (χ0n) is 15.9. The first kappa shape index (κ1) is 18.7. The average Bonchev–Trinajstić information content (AvgIpc) is 2.68. The van der Waals surface area contributed by atoms with Gasteiger partial charge in [-0.3, -0.25) is 0 Å². The first-order chi connectivity index (χ1) is 12.3. The molecular formula is C24H35F. The maximum Gasteiger partial charge on any atom is 0.0827 e. The fourth-order valence-corrected chi connectivity index (χ4v) is 5.31. The summed E-state index contributed by atoms with van der Waals surface area (Å²) < 4.78 is 12.2. The van der Waals surface area contributed by atoms with Crippen LogP contribution in [0.3, 0.4) is 0 Å². The van der Waals surface area contributed by atoms with E-state index in [1.165, 1.54) is 69.8 Å². The highest BCUT2D eigenvalue weighted by molar-refractivity contribution is 5.26. The Labute approximate surface area is 153 Å². The van der Waals surface area contributed by atoms with E-state index in [4.69, 9.17) is 0 Å². The molecule has 3 rings (SSSR count). The van der Waals surface area contributed by atoms with Crippen LogP contribution in [-0.2, 0) is 6.42 Å². The van der Waals surface area contributed by atoms with Gasteiger partial charge in [0.25, 0.3) is 0 Å². The third kappa shape index (κ3) is 5.19. The summed E-state index contributed by atoms with van der Waals surface area (Å²) >= 11 is 0. The van der Waals surface area contributed by atoms with E-state index in [1.54, 1.807) is 11.6 Å². The highest BCUT2D eigenvalue weighted by Gasteiger charge is 2.30. The predicted octanol–water partition coefficient (Wildman–Crippen LogP) is 7.59. The molecule has 0 atom stereocenters. The van der Waals surface area contributed by atoms with Crippen molar-refractivity contribution in [2.45, 2.75) is 83.5 Å². The molecule has 0 unspecified atom stereocenters. The van der Waals surface area contributed by atoms with Crippen molar-refractivity contribution in [1.29, 1.82) is 0 Å². The van der Waals surface area contributed by atoms with E-state index >= 15 is 0 Å². The number of hydrogen-bond acceptors (Lipinski definition) is 0. The van der Waals surface area contributed by atoms with Crippen molar-refractivity contribution < 1.29 is 4.39 Å². The van der Waals surface area contributed by atoms with Gasteiger partial charge in [0.2, 0.25) is 0 Å². The molecule has 2 saturated carbocycles. The topological polar surface area (TPSA) is 0 Å². The van der Waals surface area contributed by atoms with Crippen molar-refractivity contribution in [2.24, 2.45) is 17.8 Å². The van der Waals surface area contributed by atoms with Gasteiger partial charge in [-0.05, 0) is 99.0 Å². The lowest BCUT2D eigenvalue weighted by molar-refractivity contribution is 0.160. The Hall–Kier alpha value is -1.11. The molecule has 2 aliphatic carbocycles. The summed E-state index contributed by atoms with van der Waals surface area (Å²) in [6.45, 7) is 2.25. The summed E-state index contributed by atoms with van der Waals surface area (Å²) in [5.74, 6) is 3.42. The Morgan fingerprint density at radius 2 is 1.48 bits per heavy atom. The summed E-state index contributed by atoms with van der Waals surface area (Å²) in [5.41, 5.74) is 3.05. The summed E-state index contributed by atoms with van der Waals surface area (Å²) in [6, 6.07) is 9.47. The molecule has 0 aromatic heterocycles. The molecule has 0 radical (unpaired) electrons. The van der Waals surface area contributed by atoms with E-state index < -0.39 is 0 Å². The summed E-state index contributed by atoms with van der Waals surface area (Å²) in [5, 5.41) is 0. The molecule has 0 N–H and O–H groups in total. The smallest absolute Gasteiger partial charge is 0.0827 e. The number of allylic oxidation sites excluding steroid dienone is 1. The standard InChI is InChI=1S/C24H35F/c1-2-4-19-6-10-21(11-7-19)23-14-16-24(17-15-23)22-12-8-20(9-13-22)5-3-18-25/h3,6-7,10-11,18,20,22-24H,2,4-5,8-9,12-17H2,1H3/b18-3+/t20-,22-,23?,24?. The van der Waals surface area contributed by atoms with Gasteiger partial charge in [-0.15, -0.1) is 0 Å². The third-order valence-corrected chi connectivity index (χ3v) is 6.88. The fourth-order valence-electron chi connectivity index (χ4n) is 5.31. The van der Waals surface area contributed by atoms with Gasteiger partial charge in [-0.2, -0.15) is 0 Å². The fraction of sp³-hybridized carbons (Fsp3) is 0.667. The molecule has 0 aliphatic heterocycles. The lowest BCUT2D eigenvalue weighted by Crippen LogP contribution is -2.25. The molecule has 2 fully saturated rings. The van der Waals surface area contributed by atoms with E-state index in [9.17, 15) is 4.39 Å². The van der Waals surface area contributed by atoms with Gasteiger partial charge >= 0.3 is 0 Å². The number of hydrogen-bond donors (Lipinski definition) is 0. The number of rotatable bonds is 6. The zero-order valence-corrected chi connectivity index (χ0v) is 15.9. The first-order valence-electron chi connectivity index (χ1n) is 10.6. The average molecular weight is 343 g/mol. The van der Waals surface area contributed by atoms with E-state index in [0.29, 0.717) is 0 Å². The molecular weight excluding hydrogens is 307 g/mol. The minimum atomic E-state index is 0.724. The van der Waals surface area contributed by atoms with Crippen molar-refractivity contribution in [3.8, 4) is 0 Å². The Bertz CT molecular complexity index is 514. The van der Waals surface area contributed by atoms with Crippen LogP contribution in [0.4, 0.5) is 4.39 Å². The third-order valence-electron chi connectivity index (χ3n) is 6.88. The van der Waals surface area contributed by atoms with Gasteiger partial charge in [0.05, 0.1) is 6.33 Å². The van der Waals surface area contributed by atoms with Crippen molar-refractivity contribution in [1.82, 2.24) is 0 Å². The monoisotopic (exact) mass is 342 g/mol. The Morgan fingerprint density at radius 3 is 2.04 bits per heavy atom. The minimum absolute atomic E-state index is 0.724. The molecule has 2 aliphatic rings. The molecule has 138 valence electrons. The molecule has 0 amide bonds. The Morgan fingerprint density at radius 1 is 0.880 bits per heavy atom. The van der Waals surface area contributed by atoms with Crippen LogP contribution in [0.15, 0.2) is 36.7 Å². The van der Waals surface area contributed by atoms with Crippen LogP contribution in [0.2, 0.25) is 0 Å². The number of halogens is 1. The highest BCUT2D eigenvalue weighted by atomic mass is 19.1. The maximum absolute atomic E-state index is 12.2. The van der Waals surface area contributed by atoms with Crippen LogP contribution in [0.25, 0.3) is 0 Å². The van der Waals surface area contributed by atoms with Crippen LogP contribution < -0.4 is 0 Å². The maximum atomic E-state index is 12.2. The number of aryl methyl sites for hydroxylation is 1. The van der Waals surface area contributed by atoms with Gasteiger partial charge in [-0.25, -0.2) is 4.39 Å². The minimum Gasteiger partial charge on any atom is -0.216 e. The van der Waals surface area contributed by atoms with Crippen LogP contribution in [0.5, 0.6) is 0 Å². The molecule has 1 aromatic rings. The Balaban J connectivity index is 1.44. The van der Waals surface area contributed by atoms with Crippen LogP contribution in [0, 0.1) is 17.8 Å². The Kier molecular flexibility index (Phi) is 7.13. The second-order valence-corrected chi connectivity index (χ2v) is 8.48. The van der Waals surface area contributed by atoms with Crippen LogP contribution in [0.1, 0.15) is 88.2 Å². The molecule has 0 nitrogen and oxygen atoms in total. The molecule has 25 heavy (non-hydrogen) atoms. The van der Waals surface area contributed by atoms with E-state index in [-0.39, 0.29) is 0 Å². The van der Waals surface area contributed by atoms with Crippen molar-refractivity contribution >= 4 is 0 Å². The molecule has 0 spiro atoms. The van der Waals surface area contributed by atoms with Crippen molar-refractivity contribution in [3.63, 3.8) is 0 Å². The van der Waals surface area contributed by atoms with Gasteiger partial charge in [0.1, 0.15) is 0 Å². The molecule has 1 aromatic carbocycles. The second-order valence-electron chi connectivity index (χ2n) is 8.48. The second kappa shape index (κ2) is 9.55. The van der Waals surface area contributed by atoms with Crippen molar-refractivity contribution in [3.05, 3.63) is 47.8 Å². The summed E-state index contributed by atoms with van der Waals surface area (Å²) in [7, 11) is 0. The van der Waals surface area contributed by atoms with Gasteiger partial charge in [0, 0.05) is 0 Å². The summed E-state index contributed by atoms with van der Waals surface area (Å²) in [6.07, 6.45) is 16.8. The predicted molar refractivity (Wildman–Crippen MR) is 105 cm³/mol. The SMILES string of the molecule is CCCc1ccc(C2CCC([C@H]3CC[C@H](C/C=C/F)CC3)CC2)cc1. The first-order valence-corrected chi connectivity index (χ1v) is 10.6. The van der Waals surface area contributed by atoms with Gasteiger partial charge in [0.15, 0.2) is 0 Å². The van der Waals surface area contributed by atoms with E-state index in [2.05, 4.69) is 31.2 Å². The largest absolute Gasteiger partial charge is 0.216 e. The molecule has 0 heterocycles. The normalized spacial score (nSPS) is 30.6. The lowest BCUT2D eigenvalue weighted by atomic mass is 9.68. The quantitative estimate of drug-likeness (QED) is 0.499. The van der Waals surface area contributed by atoms with Crippen LogP contribution in [-0.4, -0.2) is 0 Å². The summed E-state index contributed by atoms with van der Waals surface area (Å²) in [4.78, 5) is 0. The van der Waals surface area contributed by atoms with Gasteiger partial charge in [-0.1, -0.05) is 43.7 Å². The van der Waals surface area contributed by atoms with Gasteiger partial charge < -0.3 is 0 Å². The highest BCUT2D eigenvalue weighted by Crippen LogP contribution is 2.44.